The lowest BCUT2D eigenvalue weighted by molar-refractivity contribution is 0.102. The third kappa shape index (κ3) is 2.45. The van der Waals surface area contributed by atoms with Crippen LogP contribution in [0, 0.1) is 5.92 Å². The van der Waals surface area contributed by atoms with E-state index in [1.807, 2.05) is 11.8 Å². The molecule has 0 amide bonds. The molecule has 1 fully saturated rings. The van der Waals surface area contributed by atoms with Gasteiger partial charge in [-0.05, 0) is 12.3 Å². The predicted molar refractivity (Wildman–Crippen MR) is 65.6 cm³/mol. The first-order valence-corrected chi connectivity index (χ1v) is 5.98. The molecule has 1 saturated heterocycles. The molecule has 2 heterocycles. The van der Waals surface area contributed by atoms with Crippen LogP contribution in [0.2, 0.25) is 5.15 Å². The van der Waals surface area contributed by atoms with E-state index in [2.05, 4.69) is 9.97 Å². The first-order chi connectivity index (χ1) is 8.13. The predicted octanol–water partition coefficient (Wildman–Crippen LogP) is 1.35. The second-order valence-electron chi connectivity index (χ2n) is 4.30. The Labute approximate surface area is 105 Å². The number of aliphatic hydroxyl groups excluding tert-OH is 1. The summed E-state index contributed by atoms with van der Waals surface area (Å²) in [5.74, 6) is 1.43. The average Bonchev–Trinajstić information content (AvgIpc) is 2.32. The molecule has 2 unspecified atom stereocenters. The molecule has 0 saturated carbocycles. The van der Waals surface area contributed by atoms with Gasteiger partial charge in [-0.2, -0.15) is 0 Å². The van der Waals surface area contributed by atoms with E-state index in [0.29, 0.717) is 29.2 Å². The molecule has 0 radical (unpaired) electrons. The molecule has 0 bridgehead atoms. The number of aliphatic hydroxyl groups is 1. The maximum absolute atomic E-state index is 9.88. The summed E-state index contributed by atoms with van der Waals surface area (Å²) in [6.07, 6.45) is 1.98. The molecule has 0 aromatic carbocycles. The van der Waals surface area contributed by atoms with Crippen molar-refractivity contribution in [2.45, 2.75) is 19.4 Å². The molecule has 2 rings (SSSR count). The fourth-order valence-electron chi connectivity index (χ4n) is 1.99. The minimum absolute atomic E-state index is 0.297. The number of rotatable bonds is 2. The summed E-state index contributed by atoms with van der Waals surface area (Å²) >= 11 is 5.95. The summed E-state index contributed by atoms with van der Waals surface area (Å²) < 4.78 is 5.21. The number of halogens is 1. The highest BCUT2D eigenvalue weighted by Crippen LogP contribution is 2.33. The Balaban J connectivity index is 2.25. The van der Waals surface area contributed by atoms with Gasteiger partial charge >= 0.3 is 0 Å². The van der Waals surface area contributed by atoms with Crippen LogP contribution in [0.4, 0.5) is 5.82 Å². The first kappa shape index (κ1) is 12.4. The van der Waals surface area contributed by atoms with Gasteiger partial charge in [0.05, 0.1) is 13.2 Å². The summed E-state index contributed by atoms with van der Waals surface area (Å²) in [5, 5.41) is 10.2. The van der Waals surface area contributed by atoms with E-state index < -0.39 is 0 Å². The van der Waals surface area contributed by atoms with Crippen LogP contribution in [0.3, 0.4) is 0 Å². The Morgan fingerprint density at radius 2 is 2.29 bits per heavy atom. The highest BCUT2D eigenvalue weighted by molar-refractivity contribution is 6.31. The van der Waals surface area contributed by atoms with Crippen molar-refractivity contribution in [2.24, 2.45) is 5.92 Å². The van der Waals surface area contributed by atoms with E-state index >= 15 is 0 Å². The summed E-state index contributed by atoms with van der Waals surface area (Å²) in [6, 6.07) is 0. The van der Waals surface area contributed by atoms with Gasteiger partial charge in [-0.1, -0.05) is 18.5 Å². The number of hydrogen-bond donors (Lipinski definition) is 1. The van der Waals surface area contributed by atoms with Gasteiger partial charge < -0.3 is 14.7 Å². The number of hydrogen-bond acceptors (Lipinski definition) is 5. The van der Waals surface area contributed by atoms with E-state index in [4.69, 9.17) is 16.3 Å². The van der Waals surface area contributed by atoms with E-state index in [-0.39, 0.29) is 6.10 Å². The van der Waals surface area contributed by atoms with Crippen molar-refractivity contribution in [1.82, 2.24) is 9.97 Å². The van der Waals surface area contributed by atoms with Crippen molar-refractivity contribution in [3.8, 4) is 5.75 Å². The fourth-order valence-corrected chi connectivity index (χ4v) is 2.19. The average molecular weight is 258 g/mol. The van der Waals surface area contributed by atoms with Crippen molar-refractivity contribution in [3.05, 3.63) is 11.5 Å². The lowest BCUT2D eigenvalue weighted by atomic mass is 9.96. The Morgan fingerprint density at radius 3 is 2.94 bits per heavy atom. The summed E-state index contributed by atoms with van der Waals surface area (Å²) in [5.41, 5.74) is 0. The van der Waals surface area contributed by atoms with E-state index in [0.717, 1.165) is 13.0 Å². The van der Waals surface area contributed by atoms with Crippen LogP contribution >= 0.6 is 11.6 Å². The number of anilines is 1. The third-order valence-electron chi connectivity index (χ3n) is 3.16. The maximum atomic E-state index is 9.88. The largest absolute Gasteiger partial charge is 0.490 e. The Bertz CT molecular complexity index is 402. The highest BCUT2D eigenvalue weighted by atomic mass is 35.5. The van der Waals surface area contributed by atoms with Gasteiger partial charge in [0.15, 0.2) is 16.7 Å². The zero-order valence-electron chi connectivity index (χ0n) is 9.93. The first-order valence-electron chi connectivity index (χ1n) is 5.61. The van der Waals surface area contributed by atoms with Crippen molar-refractivity contribution in [2.75, 3.05) is 25.1 Å². The minimum Gasteiger partial charge on any atom is -0.490 e. The summed E-state index contributed by atoms with van der Waals surface area (Å²) in [6.45, 7) is 3.43. The highest BCUT2D eigenvalue weighted by Gasteiger charge is 2.27. The van der Waals surface area contributed by atoms with Crippen LogP contribution < -0.4 is 9.64 Å². The maximum Gasteiger partial charge on any atom is 0.199 e. The second kappa shape index (κ2) is 5.06. The molecule has 1 aliphatic rings. The summed E-state index contributed by atoms with van der Waals surface area (Å²) in [7, 11) is 1.54. The molecule has 1 aromatic rings. The number of methoxy groups -OCH3 is 1. The molecule has 0 aliphatic carbocycles. The van der Waals surface area contributed by atoms with Gasteiger partial charge in [-0.15, -0.1) is 0 Å². The standard InChI is InChI=1S/C11H16ClN3O2/c1-7-3-4-15(5-8(7)16)11-9(17-2)10(12)13-6-14-11/h6-8,16H,3-5H2,1-2H3. The molecule has 1 N–H and O–H groups in total. The Morgan fingerprint density at radius 1 is 1.53 bits per heavy atom. The minimum atomic E-state index is -0.345. The van der Waals surface area contributed by atoms with E-state index in [1.54, 1.807) is 0 Å². The van der Waals surface area contributed by atoms with Gasteiger partial charge in [-0.3, -0.25) is 0 Å². The van der Waals surface area contributed by atoms with Crippen LogP contribution in [0.5, 0.6) is 5.75 Å². The third-order valence-corrected chi connectivity index (χ3v) is 3.43. The van der Waals surface area contributed by atoms with E-state index in [9.17, 15) is 5.11 Å². The van der Waals surface area contributed by atoms with Crippen LogP contribution in [0.15, 0.2) is 6.33 Å². The quantitative estimate of drug-likeness (QED) is 0.811. The van der Waals surface area contributed by atoms with Crippen molar-refractivity contribution in [3.63, 3.8) is 0 Å². The lowest BCUT2D eigenvalue weighted by Gasteiger charge is -2.35. The normalized spacial score (nSPS) is 24.8. The van der Waals surface area contributed by atoms with E-state index in [1.165, 1.54) is 13.4 Å². The number of ether oxygens (including phenoxy) is 1. The molecule has 1 aliphatic heterocycles. The molecule has 5 nitrogen and oxygen atoms in total. The van der Waals surface area contributed by atoms with Gasteiger partial charge in [0.2, 0.25) is 0 Å². The number of β-amino-alcohol motifs (C(OH)–C–C–N with tert-alkyl or cyclic N) is 1. The molecule has 17 heavy (non-hydrogen) atoms. The van der Waals surface area contributed by atoms with Crippen molar-refractivity contribution in [1.29, 1.82) is 0 Å². The second-order valence-corrected chi connectivity index (χ2v) is 4.66. The van der Waals surface area contributed by atoms with Crippen LogP contribution in [0.1, 0.15) is 13.3 Å². The van der Waals surface area contributed by atoms with Crippen LogP contribution in [-0.2, 0) is 0 Å². The molecule has 1 aromatic heterocycles. The number of piperidine rings is 1. The molecule has 2 atom stereocenters. The molecule has 6 heteroatoms. The van der Waals surface area contributed by atoms with Gasteiger partial charge in [0.25, 0.3) is 0 Å². The Kier molecular flexibility index (Phi) is 3.69. The molecule has 94 valence electrons. The van der Waals surface area contributed by atoms with Crippen molar-refractivity contribution < 1.29 is 9.84 Å². The lowest BCUT2D eigenvalue weighted by Crippen LogP contribution is -2.43. The number of nitrogens with zero attached hydrogens (tertiary/aromatic N) is 3. The molecular weight excluding hydrogens is 242 g/mol. The Hall–Kier alpha value is -1.07. The zero-order chi connectivity index (χ0) is 12.4. The molecule has 0 spiro atoms. The topological polar surface area (TPSA) is 58.5 Å². The monoisotopic (exact) mass is 257 g/mol. The van der Waals surface area contributed by atoms with Gasteiger partial charge in [-0.25, -0.2) is 9.97 Å². The van der Waals surface area contributed by atoms with Gasteiger partial charge in [0, 0.05) is 13.1 Å². The SMILES string of the molecule is COc1c(Cl)ncnc1N1CCC(C)C(O)C1. The van der Waals surface area contributed by atoms with Crippen LogP contribution in [0.25, 0.3) is 0 Å². The zero-order valence-corrected chi connectivity index (χ0v) is 10.7. The van der Waals surface area contributed by atoms with Gasteiger partial charge in [0.1, 0.15) is 6.33 Å². The fraction of sp³-hybridized carbons (Fsp3) is 0.636. The van der Waals surface area contributed by atoms with Crippen molar-refractivity contribution >= 4 is 17.4 Å². The smallest absolute Gasteiger partial charge is 0.199 e. The summed E-state index contributed by atoms with van der Waals surface area (Å²) in [4.78, 5) is 10.1. The number of aromatic nitrogens is 2. The van der Waals surface area contributed by atoms with Crippen LogP contribution in [-0.4, -0.2) is 41.4 Å². The molecular formula is C11H16ClN3O2.